The fraction of sp³-hybridized carbons (Fsp3) is 0.500. The van der Waals surface area contributed by atoms with Crippen molar-refractivity contribution in [3.63, 3.8) is 0 Å². The van der Waals surface area contributed by atoms with E-state index < -0.39 is 0 Å². The number of hydrogen-bond donors (Lipinski definition) is 1. The molecule has 0 saturated carbocycles. The van der Waals surface area contributed by atoms with Crippen LogP contribution in [0, 0.1) is 6.92 Å². The average molecular weight is 229 g/mol. The van der Waals surface area contributed by atoms with Crippen LogP contribution >= 0.6 is 11.6 Å². The summed E-state index contributed by atoms with van der Waals surface area (Å²) in [7, 11) is 0. The second-order valence-corrected chi connectivity index (χ2v) is 3.95. The van der Waals surface area contributed by atoms with Crippen LogP contribution in [0.1, 0.15) is 24.8 Å². The van der Waals surface area contributed by atoms with E-state index in [4.69, 9.17) is 21.4 Å². The molecule has 0 radical (unpaired) electrons. The van der Waals surface area contributed by atoms with Gasteiger partial charge in [-0.05, 0) is 49.9 Å². The van der Waals surface area contributed by atoms with E-state index in [1.807, 2.05) is 25.1 Å². The van der Waals surface area contributed by atoms with Crippen molar-refractivity contribution < 1.29 is 9.84 Å². The Labute approximate surface area is 95.8 Å². The van der Waals surface area contributed by atoms with E-state index in [9.17, 15) is 0 Å². The number of halogens is 1. The molecule has 84 valence electrons. The Bertz CT molecular complexity index is 300. The molecule has 1 rings (SSSR count). The molecule has 0 unspecified atom stereocenters. The van der Waals surface area contributed by atoms with Crippen LogP contribution in [0.4, 0.5) is 0 Å². The lowest BCUT2D eigenvalue weighted by molar-refractivity contribution is 0.266. The number of aliphatic hydroxyl groups excluding tert-OH is 1. The molecule has 0 aromatic heterocycles. The minimum Gasteiger partial charge on any atom is -0.494 e. The predicted molar refractivity (Wildman–Crippen MR) is 62.6 cm³/mol. The highest BCUT2D eigenvalue weighted by Gasteiger charge is 1.98. The molecule has 2 nitrogen and oxygen atoms in total. The van der Waals surface area contributed by atoms with Gasteiger partial charge < -0.3 is 9.84 Å². The van der Waals surface area contributed by atoms with Crippen LogP contribution < -0.4 is 4.74 Å². The second-order valence-electron chi connectivity index (χ2n) is 3.54. The smallest absolute Gasteiger partial charge is 0.119 e. The Morgan fingerprint density at radius 1 is 1.27 bits per heavy atom. The Hall–Kier alpha value is -0.730. The molecule has 0 aliphatic rings. The first-order valence-corrected chi connectivity index (χ1v) is 5.61. The van der Waals surface area contributed by atoms with E-state index in [2.05, 4.69) is 0 Å². The number of ether oxygens (including phenoxy) is 1. The van der Waals surface area contributed by atoms with E-state index in [-0.39, 0.29) is 6.61 Å². The summed E-state index contributed by atoms with van der Waals surface area (Å²) in [5, 5.41) is 9.36. The number of hydrogen-bond acceptors (Lipinski definition) is 2. The molecule has 0 saturated heterocycles. The number of aryl methyl sites for hydroxylation is 1. The van der Waals surface area contributed by atoms with Crippen LogP contribution in [0.5, 0.6) is 5.75 Å². The lowest BCUT2D eigenvalue weighted by Crippen LogP contribution is -1.98. The van der Waals surface area contributed by atoms with Crippen LogP contribution in [-0.2, 0) is 0 Å². The molecule has 0 spiro atoms. The summed E-state index contributed by atoms with van der Waals surface area (Å²) in [5.41, 5.74) is 1.03. The number of benzene rings is 1. The van der Waals surface area contributed by atoms with Gasteiger partial charge in [-0.15, -0.1) is 0 Å². The molecule has 1 aromatic rings. The summed E-state index contributed by atoms with van der Waals surface area (Å²) in [6.07, 6.45) is 2.83. The molecule has 0 aliphatic heterocycles. The monoisotopic (exact) mass is 228 g/mol. The lowest BCUT2D eigenvalue weighted by atomic mass is 10.2. The highest BCUT2D eigenvalue weighted by atomic mass is 35.5. The van der Waals surface area contributed by atoms with Gasteiger partial charge in [0.2, 0.25) is 0 Å². The molecule has 0 amide bonds. The quantitative estimate of drug-likeness (QED) is 0.758. The standard InChI is InChI=1S/C12H17ClO2/c1-10-9-11(5-6-12(10)13)15-8-4-2-3-7-14/h5-6,9,14H,2-4,7-8H2,1H3. The molecular weight excluding hydrogens is 212 g/mol. The molecular formula is C12H17ClO2. The molecule has 1 aromatic carbocycles. The lowest BCUT2D eigenvalue weighted by Gasteiger charge is -2.07. The van der Waals surface area contributed by atoms with E-state index in [0.717, 1.165) is 35.6 Å². The number of rotatable bonds is 6. The summed E-state index contributed by atoms with van der Waals surface area (Å²) in [6, 6.07) is 5.66. The van der Waals surface area contributed by atoms with Crippen LogP contribution in [0.25, 0.3) is 0 Å². The zero-order valence-corrected chi connectivity index (χ0v) is 9.76. The fourth-order valence-corrected chi connectivity index (χ4v) is 1.41. The van der Waals surface area contributed by atoms with Gasteiger partial charge in [0.15, 0.2) is 0 Å². The van der Waals surface area contributed by atoms with E-state index in [1.165, 1.54) is 0 Å². The molecule has 0 atom stereocenters. The maximum Gasteiger partial charge on any atom is 0.119 e. The molecule has 3 heteroatoms. The molecule has 0 bridgehead atoms. The van der Waals surface area contributed by atoms with Crippen LogP contribution in [-0.4, -0.2) is 18.3 Å². The van der Waals surface area contributed by atoms with Gasteiger partial charge in [0.1, 0.15) is 5.75 Å². The SMILES string of the molecule is Cc1cc(OCCCCCO)ccc1Cl. The van der Waals surface area contributed by atoms with Crippen molar-refractivity contribution in [1.82, 2.24) is 0 Å². The van der Waals surface area contributed by atoms with Crippen molar-refractivity contribution in [2.45, 2.75) is 26.2 Å². The molecule has 0 fully saturated rings. The minimum atomic E-state index is 0.264. The molecule has 1 N–H and O–H groups in total. The first kappa shape index (κ1) is 12.3. The van der Waals surface area contributed by atoms with Gasteiger partial charge in [-0.3, -0.25) is 0 Å². The summed E-state index contributed by atoms with van der Waals surface area (Å²) in [5.74, 6) is 0.862. The topological polar surface area (TPSA) is 29.5 Å². The van der Waals surface area contributed by atoms with Gasteiger partial charge >= 0.3 is 0 Å². The fourth-order valence-electron chi connectivity index (χ4n) is 1.29. The van der Waals surface area contributed by atoms with Crippen molar-refractivity contribution in [3.8, 4) is 5.75 Å². The third-order valence-corrected chi connectivity index (χ3v) is 2.62. The predicted octanol–water partition coefficient (Wildman–Crippen LogP) is 3.19. The van der Waals surface area contributed by atoms with Crippen LogP contribution in [0.3, 0.4) is 0 Å². The highest BCUT2D eigenvalue weighted by Crippen LogP contribution is 2.21. The molecule has 0 aliphatic carbocycles. The summed E-state index contributed by atoms with van der Waals surface area (Å²) in [6.45, 7) is 2.92. The van der Waals surface area contributed by atoms with Gasteiger partial charge in [-0.25, -0.2) is 0 Å². The Morgan fingerprint density at radius 2 is 2.07 bits per heavy atom. The Kier molecular flexibility index (Phi) is 5.51. The van der Waals surface area contributed by atoms with E-state index in [1.54, 1.807) is 0 Å². The Morgan fingerprint density at radius 3 is 2.73 bits per heavy atom. The Balaban J connectivity index is 2.28. The third kappa shape index (κ3) is 4.54. The summed E-state index contributed by atoms with van der Waals surface area (Å²) in [4.78, 5) is 0. The zero-order valence-electron chi connectivity index (χ0n) is 9.00. The maximum atomic E-state index is 8.59. The van der Waals surface area contributed by atoms with Crippen molar-refractivity contribution in [3.05, 3.63) is 28.8 Å². The number of unbranched alkanes of at least 4 members (excludes halogenated alkanes) is 2. The van der Waals surface area contributed by atoms with E-state index >= 15 is 0 Å². The highest BCUT2D eigenvalue weighted by molar-refractivity contribution is 6.31. The largest absolute Gasteiger partial charge is 0.494 e. The van der Waals surface area contributed by atoms with Crippen molar-refractivity contribution >= 4 is 11.6 Å². The van der Waals surface area contributed by atoms with Crippen LogP contribution in [0.2, 0.25) is 5.02 Å². The third-order valence-electron chi connectivity index (χ3n) is 2.20. The van der Waals surface area contributed by atoms with Gasteiger partial charge in [0.05, 0.1) is 6.61 Å². The van der Waals surface area contributed by atoms with Gasteiger partial charge in [0, 0.05) is 11.6 Å². The second kappa shape index (κ2) is 6.70. The zero-order chi connectivity index (χ0) is 11.1. The summed E-state index contributed by atoms with van der Waals surface area (Å²) >= 11 is 5.90. The van der Waals surface area contributed by atoms with Crippen molar-refractivity contribution in [2.75, 3.05) is 13.2 Å². The minimum absolute atomic E-state index is 0.264. The first-order valence-electron chi connectivity index (χ1n) is 5.24. The maximum absolute atomic E-state index is 8.59. The normalized spacial score (nSPS) is 10.3. The van der Waals surface area contributed by atoms with Gasteiger partial charge in [-0.2, -0.15) is 0 Å². The van der Waals surface area contributed by atoms with Crippen molar-refractivity contribution in [2.24, 2.45) is 0 Å². The van der Waals surface area contributed by atoms with E-state index in [0.29, 0.717) is 6.61 Å². The molecule has 15 heavy (non-hydrogen) atoms. The van der Waals surface area contributed by atoms with Gasteiger partial charge in [0.25, 0.3) is 0 Å². The summed E-state index contributed by atoms with van der Waals surface area (Å²) < 4.78 is 5.55. The van der Waals surface area contributed by atoms with Crippen molar-refractivity contribution in [1.29, 1.82) is 0 Å². The number of aliphatic hydroxyl groups is 1. The van der Waals surface area contributed by atoms with Crippen LogP contribution in [0.15, 0.2) is 18.2 Å². The van der Waals surface area contributed by atoms with Gasteiger partial charge in [-0.1, -0.05) is 11.6 Å². The molecule has 0 heterocycles. The first-order chi connectivity index (χ1) is 7.24. The average Bonchev–Trinajstić information content (AvgIpc) is 2.23.